The van der Waals surface area contributed by atoms with Crippen LogP contribution in [0.5, 0.6) is 0 Å². The standard InChI is InChI=1S/C14H13BrClNO2/c1-17(9-12-6-7-13(15)19-12)14(18)11-4-2-10(8-16)3-5-11/h2-7H,8-9H2,1H3. The molecule has 0 atom stereocenters. The van der Waals surface area contributed by atoms with Gasteiger partial charge in [0.15, 0.2) is 4.67 Å². The molecule has 2 rings (SSSR count). The van der Waals surface area contributed by atoms with Crippen molar-refractivity contribution in [1.29, 1.82) is 0 Å². The van der Waals surface area contributed by atoms with Gasteiger partial charge in [0.2, 0.25) is 0 Å². The monoisotopic (exact) mass is 341 g/mol. The fourth-order valence-corrected chi connectivity index (χ4v) is 2.22. The van der Waals surface area contributed by atoms with Crippen molar-refractivity contribution >= 4 is 33.4 Å². The maximum Gasteiger partial charge on any atom is 0.254 e. The molecule has 5 heteroatoms. The number of benzene rings is 1. The fraction of sp³-hybridized carbons (Fsp3) is 0.214. The molecular formula is C14H13BrClNO2. The molecule has 19 heavy (non-hydrogen) atoms. The van der Waals surface area contributed by atoms with Gasteiger partial charge >= 0.3 is 0 Å². The van der Waals surface area contributed by atoms with E-state index in [4.69, 9.17) is 16.0 Å². The third-order valence-corrected chi connectivity index (χ3v) is 3.46. The van der Waals surface area contributed by atoms with Crippen LogP contribution in [-0.2, 0) is 12.4 Å². The SMILES string of the molecule is CN(Cc1ccc(Br)o1)C(=O)c1ccc(CCl)cc1. The third-order valence-electron chi connectivity index (χ3n) is 2.72. The topological polar surface area (TPSA) is 33.5 Å². The normalized spacial score (nSPS) is 10.5. The van der Waals surface area contributed by atoms with Crippen LogP contribution in [0.3, 0.4) is 0 Å². The number of hydrogen-bond acceptors (Lipinski definition) is 2. The zero-order valence-corrected chi connectivity index (χ0v) is 12.7. The van der Waals surface area contributed by atoms with E-state index in [9.17, 15) is 4.79 Å². The van der Waals surface area contributed by atoms with Crippen LogP contribution in [0.25, 0.3) is 0 Å². The van der Waals surface area contributed by atoms with Crippen molar-refractivity contribution in [1.82, 2.24) is 4.90 Å². The highest BCUT2D eigenvalue weighted by molar-refractivity contribution is 9.10. The van der Waals surface area contributed by atoms with Gasteiger partial charge < -0.3 is 9.32 Å². The van der Waals surface area contributed by atoms with E-state index < -0.39 is 0 Å². The van der Waals surface area contributed by atoms with Crippen molar-refractivity contribution in [3.8, 4) is 0 Å². The summed E-state index contributed by atoms with van der Waals surface area (Å²) in [7, 11) is 1.74. The number of hydrogen-bond donors (Lipinski definition) is 0. The minimum absolute atomic E-state index is 0.0476. The quantitative estimate of drug-likeness (QED) is 0.785. The summed E-state index contributed by atoms with van der Waals surface area (Å²) in [6.45, 7) is 0.432. The summed E-state index contributed by atoms with van der Waals surface area (Å²) >= 11 is 8.96. The number of alkyl halides is 1. The van der Waals surface area contributed by atoms with Crippen molar-refractivity contribution in [3.63, 3.8) is 0 Å². The van der Waals surface area contributed by atoms with Crippen LogP contribution in [0.2, 0.25) is 0 Å². The maximum atomic E-state index is 12.2. The molecule has 0 aliphatic heterocycles. The number of furan rings is 1. The highest BCUT2D eigenvalue weighted by Crippen LogP contribution is 2.16. The van der Waals surface area contributed by atoms with Crippen LogP contribution in [0.4, 0.5) is 0 Å². The van der Waals surface area contributed by atoms with E-state index in [1.165, 1.54) is 0 Å². The molecule has 100 valence electrons. The lowest BCUT2D eigenvalue weighted by molar-refractivity contribution is 0.0775. The first-order chi connectivity index (χ1) is 9.10. The number of halogens is 2. The molecule has 0 radical (unpaired) electrons. The number of amides is 1. The van der Waals surface area contributed by atoms with Gasteiger partial charge in [0.25, 0.3) is 5.91 Å². The Balaban J connectivity index is 2.05. The maximum absolute atomic E-state index is 12.2. The predicted octanol–water partition coefficient (Wildman–Crippen LogP) is 4.05. The van der Waals surface area contributed by atoms with E-state index >= 15 is 0 Å². The molecule has 0 saturated heterocycles. The Bertz CT molecular complexity index is 565. The Hall–Kier alpha value is -1.26. The number of carbonyl (C=O) groups is 1. The molecule has 0 N–H and O–H groups in total. The molecular weight excluding hydrogens is 330 g/mol. The molecule has 0 aliphatic rings. The summed E-state index contributed by atoms with van der Waals surface area (Å²) in [5.74, 6) is 1.14. The molecule has 0 bridgehead atoms. The van der Waals surface area contributed by atoms with Crippen LogP contribution >= 0.6 is 27.5 Å². The summed E-state index contributed by atoms with van der Waals surface area (Å²) in [6.07, 6.45) is 0. The molecule has 1 aromatic carbocycles. The Morgan fingerprint density at radius 2 is 1.95 bits per heavy atom. The van der Waals surface area contributed by atoms with Gasteiger partial charge in [-0.25, -0.2) is 0 Å². The zero-order valence-electron chi connectivity index (χ0n) is 10.4. The first-order valence-electron chi connectivity index (χ1n) is 5.74. The molecule has 0 aliphatic carbocycles. The van der Waals surface area contributed by atoms with E-state index in [1.54, 1.807) is 24.1 Å². The average Bonchev–Trinajstić information content (AvgIpc) is 2.83. The van der Waals surface area contributed by atoms with Gasteiger partial charge in [-0.05, 0) is 45.8 Å². The second-order valence-electron chi connectivity index (χ2n) is 4.20. The lowest BCUT2D eigenvalue weighted by Crippen LogP contribution is -2.25. The Morgan fingerprint density at radius 3 is 2.47 bits per heavy atom. The molecule has 2 aromatic rings. The van der Waals surface area contributed by atoms with Crippen molar-refractivity contribution in [2.24, 2.45) is 0 Å². The van der Waals surface area contributed by atoms with Gasteiger partial charge in [0.05, 0.1) is 6.54 Å². The first-order valence-corrected chi connectivity index (χ1v) is 7.07. The molecule has 1 aromatic heterocycles. The average molecular weight is 343 g/mol. The molecule has 0 spiro atoms. The minimum atomic E-state index is -0.0476. The van der Waals surface area contributed by atoms with Crippen LogP contribution in [0.1, 0.15) is 21.7 Å². The lowest BCUT2D eigenvalue weighted by Gasteiger charge is -2.15. The smallest absolute Gasteiger partial charge is 0.254 e. The second-order valence-corrected chi connectivity index (χ2v) is 5.25. The van der Waals surface area contributed by atoms with Crippen molar-refractivity contribution < 1.29 is 9.21 Å². The van der Waals surface area contributed by atoms with Crippen molar-refractivity contribution in [2.45, 2.75) is 12.4 Å². The van der Waals surface area contributed by atoms with Gasteiger partial charge in [-0.2, -0.15) is 0 Å². The molecule has 0 fully saturated rings. The summed E-state index contributed by atoms with van der Waals surface area (Å²) in [5, 5.41) is 0. The third kappa shape index (κ3) is 3.61. The van der Waals surface area contributed by atoms with Crippen molar-refractivity contribution in [3.05, 3.63) is 58.0 Å². The summed E-state index contributed by atoms with van der Waals surface area (Å²) in [4.78, 5) is 13.8. The molecule has 3 nitrogen and oxygen atoms in total. The van der Waals surface area contributed by atoms with Gasteiger partial charge in [0.1, 0.15) is 5.76 Å². The molecule has 0 unspecified atom stereocenters. The Morgan fingerprint density at radius 1 is 1.26 bits per heavy atom. The highest BCUT2D eigenvalue weighted by Gasteiger charge is 2.13. The highest BCUT2D eigenvalue weighted by atomic mass is 79.9. The largest absolute Gasteiger partial charge is 0.452 e. The summed E-state index contributed by atoms with van der Waals surface area (Å²) in [6, 6.07) is 10.9. The van der Waals surface area contributed by atoms with E-state index in [2.05, 4.69) is 15.9 Å². The van der Waals surface area contributed by atoms with Gasteiger partial charge in [0, 0.05) is 18.5 Å². The number of nitrogens with zero attached hydrogens (tertiary/aromatic N) is 1. The van der Waals surface area contributed by atoms with Crippen LogP contribution < -0.4 is 0 Å². The Kier molecular flexibility index (Phi) is 4.66. The zero-order chi connectivity index (χ0) is 13.8. The molecule has 1 heterocycles. The van der Waals surface area contributed by atoms with Gasteiger partial charge in [-0.3, -0.25) is 4.79 Å². The summed E-state index contributed by atoms with van der Waals surface area (Å²) < 4.78 is 6.04. The second kappa shape index (κ2) is 6.26. The van der Waals surface area contributed by atoms with Crippen molar-refractivity contribution in [2.75, 3.05) is 7.05 Å². The van der Waals surface area contributed by atoms with E-state index in [-0.39, 0.29) is 5.91 Å². The minimum Gasteiger partial charge on any atom is -0.452 e. The van der Waals surface area contributed by atoms with Crippen LogP contribution in [0.15, 0.2) is 45.5 Å². The number of carbonyl (C=O) groups excluding carboxylic acids is 1. The summed E-state index contributed by atoms with van der Waals surface area (Å²) in [5.41, 5.74) is 1.64. The van der Waals surface area contributed by atoms with Gasteiger partial charge in [-0.1, -0.05) is 12.1 Å². The molecule has 1 amide bonds. The van der Waals surface area contributed by atoms with Crippen LogP contribution in [0, 0.1) is 0 Å². The Labute approximate surface area is 125 Å². The molecule has 0 saturated carbocycles. The van der Waals surface area contributed by atoms with Crippen LogP contribution in [-0.4, -0.2) is 17.9 Å². The van der Waals surface area contributed by atoms with E-state index in [0.29, 0.717) is 22.7 Å². The predicted molar refractivity (Wildman–Crippen MR) is 78.2 cm³/mol. The van der Waals surface area contributed by atoms with E-state index in [0.717, 1.165) is 11.3 Å². The fourth-order valence-electron chi connectivity index (χ4n) is 1.70. The first kappa shape index (κ1) is 14.2. The number of rotatable bonds is 4. The van der Waals surface area contributed by atoms with Gasteiger partial charge in [-0.15, -0.1) is 11.6 Å². The lowest BCUT2D eigenvalue weighted by atomic mass is 10.1. The van der Waals surface area contributed by atoms with E-state index in [1.807, 2.05) is 24.3 Å².